The molecule has 0 spiro atoms. The van der Waals surface area contributed by atoms with Crippen LogP contribution in [-0.4, -0.2) is 5.91 Å². The monoisotopic (exact) mass is 112 g/mol. The standard InChI is InChI=1S/C4H4N2O2/c7-4-2-1-3(5-4)6-8/h1H,2H2,(H,5,7). The van der Waals surface area contributed by atoms with Crippen molar-refractivity contribution in [3.05, 3.63) is 16.8 Å². The molecule has 0 bridgehead atoms. The van der Waals surface area contributed by atoms with Gasteiger partial charge < -0.3 is 5.32 Å². The van der Waals surface area contributed by atoms with Gasteiger partial charge in [-0.05, 0) is 11.3 Å². The van der Waals surface area contributed by atoms with Crippen LogP contribution in [-0.2, 0) is 4.79 Å². The Morgan fingerprint density at radius 1 is 1.75 bits per heavy atom. The second kappa shape index (κ2) is 1.73. The third-order valence-corrected chi connectivity index (χ3v) is 0.847. The summed E-state index contributed by atoms with van der Waals surface area (Å²) in [4.78, 5) is 19.9. The molecule has 1 aliphatic heterocycles. The van der Waals surface area contributed by atoms with Gasteiger partial charge in [-0.15, -0.1) is 4.91 Å². The lowest BCUT2D eigenvalue weighted by atomic mass is 10.5. The van der Waals surface area contributed by atoms with E-state index in [0.717, 1.165) is 0 Å². The van der Waals surface area contributed by atoms with Crippen molar-refractivity contribution in [2.75, 3.05) is 0 Å². The van der Waals surface area contributed by atoms with Crippen LogP contribution in [0.2, 0.25) is 0 Å². The van der Waals surface area contributed by atoms with Crippen LogP contribution in [0.4, 0.5) is 0 Å². The van der Waals surface area contributed by atoms with Gasteiger partial charge in [-0.1, -0.05) is 0 Å². The molecule has 0 saturated carbocycles. The molecule has 1 aliphatic rings. The van der Waals surface area contributed by atoms with E-state index in [-0.39, 0.29) is 18.1 Å². The molecule has 0 atom stereocenters. The smallest absolute Gasteiger partial charge is 0.229 e. The van der Waals surface area contributed by atoms with Crippen molar-refractivity contribution in [3.8, 4) is 0 Å². The van der Waals surface area contributed by atoms with Crippen molar-refractivity contribution in [2.24, 2.45) is 5.18 Å². The van der Waals surface area contributed by atoms with Crippen LogP contribution in [0.15, 0.2) is 17.1 Å². The molecule has 0 aromatic rings. The molecular weight excluding hydrogens is 108 g/mol. The predicted molar refractivity (Wildman–Crippen MR) is 26.6 cm³/mol. The lowest BCUT2D eigenvalue weighted by Crippen LogP contribution is -2.13. The number of rotatable bonds is 1. The fourth-order valence-corrected chi connectivity index (χ4v) is 0.494. The van der Waals surface area contributed by atoms with Crippen LogP contribution in [0.5, 0.6) is 0 Å². The SMILES string of the molecule is O=NC1=CCC(=O)N1. The van der Waals surface area contributed by atoms with E-state index in [1.165, 1.54) is 6.08 Å². The van der Waals surface area contributed by atoms with Gasteiger partial charge in [0.15, 0.2) is 5.82 Å². The van der Waals surface area contributed by atoms with E-state index in [9.17, 15) is 9.70 Å². The molecule has 1 rings (SSSR count). The summed E-state index contributed by atoms with van der Waals surface area (Å²) in [6, 6.07) is 0. The highest BCUT2D eigenvalue weighted by Gasteiger charge is 2.09. The maximum Gasteiger partial charge on any atom is 0.229 e. The number of nitrogens with zero attached hydrogens (tertiary/aromatic N) is 1. The minimum atomic E-state index is -0.167. The van der Waals surface area contributed by atoms with E-state index < -0.39 is 0 Å². The van der Waals surface area contributed by atoms with Crippen molar-refractivity contribution in [1.29, 1.82) is 0 Å². The van der Waals surface area contributed by atoms with Gasteiger partial charge in [0, 0.05) is 6.42 Å². The van der Waals surface area contributed by atoms with Gasteiger partial charge >= 0.3 is 0 Å². The summed E-state index contributed by atoms with van der Waals surface area (Å²) < 4.78 is 0. The highest BCUT2D eigenvalue weighted by atomic mass is 16.3. The molecule has 1 heterocycles. The third-order valence-electron chi connectivity index (χ3n) is 0.847. The molecule has 0 radical (unpaired) electrons. The van der Waals surface area contributed by atoms with Crippen LogP contribution in [0, 0.1) is 4.91 Å². The van der Waals surface area contributed by atoms with Crippen molar-refractivity contribution < 1.29 is 4.79 Å². The Hall–Kier alpha value is -1.19. The first-order chi connectivity index (χ1) is 3.83. The minimum Gasteiger partial charge on any atom is -0.308 e. The quantitative estimate of drug-likeness (QED) is 0.489. The number of hydrogen-bond donors (Lipinski definition) is 1. The van der Waals surface area contributed by atoms with E-state index in [4.69, 9.17) is 0 Å². The zero-order valence-electron chi connectivity index (χ0n) is 4.05. The molecule has 4 heteroatoms. The van der Waals surface area contributed by atoms with Crippen LogP contribution in [0.1, 0.15) is 6.42 Å². The Morgan fingerprint density at radius 2 is 2.50 bits per heavy atom. The fourth-order valence-electron chi connectivity index (χ4n) is 0.494. The number of carbonyl (C=O) groups is 1. The first-order valence-corrected chi connectivity index (χ1v) is 2.16. The van der Waals surface area contributed by atoms with E-state index in [1.54, 1.807) is 0 Å². The van der Waals surface area contributed by atoms with E-state index in [1.807, 2.05) is 0 Å². The first-order valence-electron chi connectivity index (χ1n) is 2.16. The van der Waals surface area contributed by atoms with Gasteiger partial charge in [-0.2, -0.15) is 0 Å². The Labute approximate surface area is 45.5 Å². The maximum atomic E-state index is 10.3. The lowest BCUT2D eigenvalue weighted by Gasteiger charge is -1.85. The van der Waals surface area contributed by atoms with Gasteiger partial charge in [0.05, 0.1) is 0 Å². The van der Waals surface area contributed by atoms with E-state index in [2.05, 4.69) is 10.5 Å². The number of nitroso groups, excluding NO2 is 1. The molecule has 0 fully saturated rings. The zero-order valence-corrected chi connectivity index (χ0v) is 4.05. The number of carbonyl (C=O) groups excluding carboxylic acids is 1. The molecule has 42 valence electrons. The van der Waals surface area contributed by atoms with Crippen LogP contribution in [0.25, 0.3) is 0 Å². The van der Waals surface area contributed by atoms with Gasteiger partial charge in [-0.25, -0.2) is 0 Å². The molecule has 1 amide bonds. The summed E-state index contributed by atoms with van der Waals surface area (Å²) in [5.41, 5.74) is 0. The highest BCUT2D eigenvalue weighted by Crippen LogP contribution is 2.01. The topological polar surface area (TPSA) is 58.5 Å². The number of amides is 1. The summed E-state index contributed by atoms with van der Waals surface area (Å²) >= 11 is 0. The van der Waals surface area contributed by atoms with Gasteiger partial charge in [-0.3, -0.25) is 4.79 Å². The largest absolute Gasteiger partial charge is 0.308 e. The second-order valence-electron chi connectivity index (χ2n) is 1.43. The summed E-state index contributed by atoms with van der Waals surface area (Å²) in [5, 5.41) is 4.76. The summed E-state index contributed by atoms with van der Waals surface area (Å²) in [6.45, 7) is 0. The van der Waals surface area contributed by atoms with E-state index in [0.29, 0.717) is 0 Å². The molecule has 0 saturated heterocycles. The van der Waals surface area contributed by atoms with Crippen molar-refractivity contribution >= 4 is 5.91 Å². The average molecular weight is 112 g/mol. The molecular formula is C4H4N2O2. The lowest BCUT2D eigenvalue weighted by molar-refractivity contribution is -0.118. The summed E-state index contributed by atoms with van der Waals surface area (Å²) in [5.74, 6) is -0.0328. The fraction of sp³-hybridized carbons (Fsp3) is 0.250. The van der Waals surface area contributed by atoms with Crippen molar-refractivity contribution in [2.45, 2.75) is 6.42 Å². The first kappa shape index (κ1) is 4.96. The minimum absolute atomic E-state index is 0.134. The molecule has 1 N–H and O–H groups in total. The van der Waals surface area contributed by atoms with Gasteiger partial charge in [0.2, 0.25) is 5.91 Å². The van der Waals surface area contributed by atoms with Crippen LogP contribution >= 0.6 is 0 Å². The maximum absolute atomic E-state index is 10.3. The Bertz CT molecular complexity index is 161. The van der Waals surface area contributed by atoms with Gasteiger partial charge in [0.25, 0.3) is 0 Å². The Balaban J connectivity index is 2.61. The van der Waals surface area contributed by atoms with Crippen LogP contribution < -0.4 is 5.32 Å². The summed E-state index contributed by atoms with van der Waals surface area (Å²) in [7, 11) is 0. The highest BCUT2D eigenvalue weighted by molar-refractivity contribution is 5.82. The average Bonchev–Trinajstić information content (AvgIpc) is 2.14. The number of nitrogens with one attached hydrogen (secondary N) is 1. The molecule has 0 aliphatic carbocycles. The Kier molecular flexibility index (Phi) is 1.07. The molecule has 0 aromatic heterocycles. The predicted octanol–water partition coefficient (Wildman–Crippen LogP) is 0.114. The zero-order chi connectivity index (χ0) is 5.98. The molecule has 0 unspecified atom stereocenters. The summed E-state index contributed by atoms with van der Waals surface area (Å²) in [6.07, 6.45) is 1.73. The second-order valence-corrected chi connectivity index (χ2v) is 1.43. The number of hydrogen-bond acceptors (Lipinski definition) is 3. The van der Waals surface area contributed by atoms with Gasteiger partial charge in [0.1, 0.15) is 0 Å². The molecule has 4 nitrogen and oxygen atoms in total. The third kappa shape index (κ3) is 0.726. The molecule has 0 aromatic carbocycles. The van der Waals surface area contributed by atoms with Crippen LogP contribution in [0.3, 0.4) is 0 Å². The van der Waals surface area contributed by atoms with E-state index >= 15 is 0 Å². The normalized spacial score (nSPS) is 17.5. The van der Waals surface area contributed by atoms with Crippen molar-refractivity contribution in [1.82, 2.24) is 5.32 Å². The molecule has 8 heavy (non-hydrogen) atoms. The Morgan fingerprint density at radius 3 is 2.75 bits per heavy atom. The van der Waals surface area contributed by atoms with Crippen molar-refractivity contribution in [3.63, 3.8) is 0 Å².